The van der Waals surface area contributed by atoms with Gasteiger partial charge in [0, 0.05) is 12.5 Å². The van der Waals surface area contributed by atoms with Crippen LogP contribution in [0.4, 0.5) is 0 Å². The number of carbonyl (C=O) groups is 1. The number of rotatable bonds is 6. The molecular weight excluding hydrogens is 308 g/mol. The van der Waals surface area contributed by atoms with Crippen molar-refractivity contribution in [3.05, 3.63) is 54.2 Å². The molecule has 3 rings (SSSR count). The third-order valence-corrected chi connectivity index (χ3v) is 3.44. The molecule has 3 aromatic rings. The van der Waals surface area contributed by atoms with Gasteiger partial charge in [0.2, 0.25) is 5.88 Å². The number of benzene rings is 2. The van der Waals surface area contributed by atoms with Crippen LogP contribution in [-0.2, 0) is 11.2 Å². The molecule has 122 valence electrons. The minimum atomic E-state index is -0.891. The molecule has 6 nitrogen and oxygen atoms in total. The Kier molecular flexibility index (Phi) is 4.56. The molecule has 0 amide bonds. The van der Waals surface area contributed by atoms with Crippen molar-refractivity contribution in [1.29, 1.82) is 0 Å². The lowest BCUT2D eigenvalue weighted by Gasteiger charge is -2.11. The highest BCUT2D eigenvalue weighted by Crippen LogP contribution is 2.28. The van der Waals surface area contributed by atoms with Crippen LogP contribution in [0.15, 0.2) is 48.5 Å². The number of ether oxygens (including phenoxy) is 2. The summed E-state index contributed by atoms with van der Waals surface area (Å²) in [5, 5.41) is 8.93. The normalized spacial score (nSPS) is 10.5. The maximum atomic E-state index is 10.9. The highest BCUT2D eigenvalue weighted by Gasteiger charge is 2.13. The van der Waals surface area contributed by atoms with E-state index in [0.29, 0.717) is 34.1 Å². The number of aromatic nitrogens is 2. The van der Waals surface area contributed by atoms with E-state index in [-0.39, 0.29) is 12.8 Å². The molecule has 0 saturated heterocycles. The Hall–Kier alpha value is -3.15. The monoisotopic (exact) mass is 324 g/mol. The molecule has 0 radical (unpaired) electrons. The van der Waals surface area contributed by atoms with Crippen LogP contribution in [0.25, 0.3) is 11.0 Å². The average Bonchev–Trinajstić information content (AvgIpc) is 2.60. The molecule has 1 heterocycles. The third-order valence-electron chi connectivity index (χ3n) is 3.44. The molecule has 1 N–H and O–H groups in total. The number of methoxy groups -OCH3 is 1. The van der Waals surface area contributed by atoms with Gasteiger partial charge in [-0.3, -0.25) is 4.79 Å². The number of nitrogens with zero attached hydrogens (tertiary/aromatic N) is 2. The van der Waals surface area contributed by atoms with Crippen molar-refractivity contribution in [3.8, 4) is 17.4 Å². The summed E-state index contributed by atoms with van der Waals surface area (Å²) in [5.41, 5.74) is 1.91. The highest BCUT2D eigenvalue weighted by molar-refractivity contribution is 5.75. The summed E-state index contributed by atoms with van der Waals surface area (Å²) in [6, 6.07) is 14.5. The summed E-state index contributed by atoms with van der Waals surface area (Å²) < 4.78 is 11.0. The van der Waals surface area contributed by atoms with Crippen LogP contribution >= 0.6 is 0 Å². The van der Waals surface area contributed by atoms with E-state index >= 15 is 0 Å². The molecule has 0 atom stereocenters. The summed E-state index contributed by atoms with van der Waals surface area (Å²) in [6.45, 7) is 0. The second-order valence-corrected chi connectivity index (χ2v) is 5.14. The number of para-hydroxylation sites is 2. The van der Waals surface area contributed by atoms with Gasteiger partial charge >= 0.3 is 5.97 Å². The molecule has 1 aromatic heterocycles. The molecule has 0 saturated carbocycles. The van der Waals surface area contributed by atoms with Crippen molar-refractivity contribution in [3.63, 3.8) is 0 Å². The van der Waals surface area contributed by atoms with E-state index in [1.165, 1.54) is 0 Å². The molecule has 0 aliphatic heterocycles. The Balaban J connectivity index is 1.99. The molecule has 0 fully saturated rings. The van der Waals surface area contributed by atoms with E-state index in [0.717, 1.165) is 0 Å². The van der Waals surface area contributed by atoms with Crippen LogP contribution < -0.4 is 9.47 Å². The molecule has 0 bridgehead atoms. The van der Waals surface area contributed by atoms with Crippen LogP contribution in [0.2, 0.25) is 0 Å². The van der Waals surface area contributed by atoms with Crippen molar-refractivity contribution in [2.45, 2.75) is 12.8 Å². The fraction of sp³-hybridized carbons (Fsp3) is 0.167. The summed E-state index contributed by atoms with van der Waals surface area (Å²) in [6.07, 6.45) is 0.202. The number of carboxylic acids is 1. The fourth-order valence-corrected chi connectivity index (χ4v) is 2.27. The van der Waals surface area contributed by atoms with Gasteiger partial charge in [-0.1, -0.05) is 18.2 Å². The maximum absolute atomic E-state index is 10.9. The number of hydrogen-bond acceptors (Lipinski definition) is 5. The van der Waals surface area contributed by atoms with E-state index < -0.39 is 5.97 Å². The smallest absolute Gasteiger partial charge is 0.303 e. The molecule has 24 heavy (non-hydrogen) atoms. The van der Waals surface area contributed by atoms with Crippen LogP contribution in [-0.4, -0.2) is 28.2 Å². The predicted octanol–water partition coefficient (Wildman–Crippen LogP) is 3.45. The first-order valence-corrected chi connectivity index (χ1v) is 7.45. The van der Waals surface area contributed by atoms with Gasteiger partial charge in [0.25, 0.3) is 0 Å². The lowest BCUT2D eigenvalue weighted by atomic mass is 10.2. The number of aryl methyl sites for hydroxylation is 1. The Labute approximate surface area is 138 Å². The predicted molar refractivity (Wildman–Crippen MR) is 88.6 cm³/mol. The second kappa shape index (κ2) is 6.95. The fourth-order valence-electron chi connectivity index (χ4n) is 2.27. The lowest BCUT2D eigenvalue weighted by Crippen LogP contribution is -2.03. The van der Waals surface area contributed by atoms with Gasteiger partial charge in [-0.25, -0.2) is 9.97 Å². The van der Waals surface area contributed by atoms with Crippen LogP contribution in [0, 0.1) is 0 Å². The van der Waals surface area contributed by atoms with E-state index in [1.807, 2.05) is 30.3 Å². The number of aliphatic carboxylic acids is 1. The summed E-state index contributed by atoms with van der Waals surface area (Å²) in [7, 11) is 1.58. The first kappa shape index (κ1) is 15.7. The van der Waals surface area contributed by atoms with Gasteiger partial charge in [0.1, 0.15) is 17.2 Å². The van der Waals surface area contributed by atoms with E-state index in [9.17, 15) is 4.79 Å². The average molecular weight is 324 g/mol. The minimum absolute atomic E-state index is 0.0402. The van der Waals surface area contributed by atoms with Crippen molar-refractivity contribution >= 4 is 17.0 Å². The van der Waals surface area contributed by atoms with Gasteiger partial charge in [0.15, 0.2) is 0 Å². The topological polar surface area (TPSA) is 81.5 Å². The largest absolute Gasteiger partial charge is 0.497 e. The van der Waals surface area contributed by atoms with Crippen LogP contribution in [0.3, 0.4) is 0 Å². The van der Waals surface area contributed by atoms with Gasteiger partial charge in [-0.05, 0) is 24.3 Å². The van der Waals surface area contributed by atoms with Gasteiger partial charge < -0.3 is 14.6 Å². The summed E-state index contributed by atoms with van der Waals surface area (Å²) in [5.74, 6) is 0.629. The van der Waals surface area contributed by atoms with Crippen LogP contribution in [0.1, 0.15) is 12.1 Å². The minimum Gasteiger partial charge on any atom is -0.497 e. The zero-order chi connectivity index (χ0) is 16.9. The molecule has 0 unspecified atom stereocenters. The van der Waals surface area contributed by atoms with Gasteiger partial charge in [-0.2, -0.15) is 0 Å². The molecule has 0 aliphatic carbocycles. The summed E-state index contributed by atoms with van der Waals surface area (Å²) in [4.78, 5) is 19.9. The van der Waals surface area contributed by atoms with Crippen LogP contribution in [0.5, 0.6) is 17.4 Å². The van der Waals surface area contributed by atoms with Crippen molar-refractivity contribution in [2.24, 2.45) is 0 Å². The molecule has 2 aromatic carbocycles. The van der Waals surface area contributed by atoms with Crippen molar-refractivity contribution in [1.82, 2.24) is 9.97 Å². The first-order chi connectivity index (χ1) is 11.7. The zero-order valence-electron chi connectivity index (χ0n) is 13.1. The van der Waals surface area contributed by atoms with E-state index in [1.54, 1.807) is 25.3 Å². The molecule has 6 heteroatoms. The quantitative estimate of drug-likeness (QED) is 0.748. The Bertz CT molecular complexity index is 880. The molecule has 0 aliphatic rings. The number of hydrogen-bond donors (Lipinski definition) is 1. The SMILES string of the molecule is COc1cccc(Oc2nc3ccccc3nc2CCC(=O)O)c1. The zero-order valence-corrected chi connectivity index (χ0v) is 13.1. The number of fused-ring (bicyclic) bond motifs is 1. The third kappa shape index (κ3) is 3.60. The first-order valence-electron chi connectivity index (χ1n) is 7.45. The molecule has 0 spiro atoms. The molecular formula is C18H16N2O4. The number of carboxylic acid groups (broad SMARTS) is 1. The van der Waals surface area contributed by atoms with E-state index in [2.05, 4.69) is 9.97 Å². The van der Waals surface area contributed by atoms with Gasteiger partial charge in [-0.15, -0.1) is 0 Å². The Morgan fingerprint density at radius 3 is 2.46 bits per heavy atom. The maximum Gasteiger partial charge on any atom is 0.303 e. The van der Waals surface area contributed by atoms with Crippen molar-refractivity contribution < 1.29 is 19.4 Å². The standard InChI is InChI=1S/C18H16N2O4/c1-23-12-5-4-6-13(11-12)24-18-16(9-10-17(21)22)19-14-7-2-3-8-15(14)20-18/h2-8,11H,9-10H2,1H3,(H,21,22). The Morgan fingerprint density at radius 1 is 1.04 bits per heavy atom. The van der Waals surface area contributed by atoms with E-state index in [4.69, 9.17) is 14.6 Å². The van der Waals surface area contributed by atoms with Gasteiger partial charge in [0.05, 0.1) is 24.6 Å². The summed E-state index contributed by atoms with van der Waals surface area (Å²) >= 11 is 0. The Morgan fingerprint density at radius 2 is 1.75 bits per heavy atom. The van der Waals surface area contributed by atoms with Crippen molar-refractivity contribution in [2.75, 3.05) is 7.11 Å². The second-order valence-electron chi connectivity index (χ2n) is 5.14. The highest BCUT2D eigenvalue weighted by atomic mass is 16.5. The lowest BCUT2D eigenvalue weighted by molar-refractivity contribution is -0.136.